The largest absolute Gasteiger partial charge is 0.390 e. The van der Waals surface area contributed by atoms with Gasteiger partial charge in [0.25, 0.3) is 0 Å². The van der Waals surface area contributed by atoms with Crippen molar-refractivity contribution in [1.29, 1.82) is 0 Å². The third-order valence-corrected chi connectivity index (χ3v) is 3.76. The summed E-state index contributed by atoms with van der Waals surface area (Å²) in [5.41, 5.74) is 2.11. The number of nitrogens with one attached hydrogen (secondary N) is 2. The summed E-state index contributed by atoms with van der Waals surface area (Å²) >= 11 is 0. The van der Waals surface area contributed by atoms with E-state index in [1.807, 2.05) is 24.3 Å². The average molecular weight is 262 g/mol. The molecule has 5 nitrogen and oxygen atoms in total. The van der Waals surface area contributed by atoms with Gasteiger partial charge in [-0.3, -0.25) is 0 Å². The number of hydrogen-bond donors (Lipinski definition) is 3. The molecular formula is C14H18N2O3. The number of ether oxygens (including phenoxy) is 1. The first-order valence-electron chi connectivity index (χ1n) is 6.64. The Balaban J connectivity index is 1.64. The van der Waals surface area contributed by atoms with Crippen molar-refractivity contribution in [1.82, 2.24) is 10.6 Å². The van der Waals surface area contributed by atoms with Crippen LogP contribution in [0.4, 0.5) is 4.79 Å². The number of benzene rings is 1. The summed E-state index contributed by atoms with van der Waals surface area (Å²) in [5, 5.41) is 15.8. The smallest absolute Gasteiger partial charge is 0.315 e. The van der Waals surface area contributed by atoms with Gasteiger partial charge in [-0.2, -0.15) is 0 Å². The van der Waals surface area contributed by atoms with Crippen LogP contribution in [0.3, 0.4) is 0 Å². The van der Waals surface area contributed by atoms with Crippen LogP contribution in [0.1, 0.15) is 23.6 Å². The molecule has 2 aliphatic rings. The van der Waals surface area contributed by atoms with Crippen LogP contribution in [0.5, 0.6) is 0 Å². The minimum Gasteiger partial charge on any atom is -0.390 e. The highest BCUT2D eigenvalue weighted by molar-refractivity contribution is 5.75. The lowest BCUT2D eigenvalue weighted by Crippen LogP contribution is -2.45. The molecule has 1 aliphatic heterocycles. The van der Waals surface area contributed by atoms with E-state index in [4.69, 9.17) is 4.74 Å². The van der Waals surface area contributed by atoms with Crippen molar-refractivity contribution < 1.29 is 14.6 Å². The Morgan fingerprint density at radius 3 is 2.95 bits per heavy atom. The van der Waals surface area contributed by atoms with Crippen molar-refractivity contribution in [2.45, 2.75) is 31.0 Å². The van der Waals surface area contributed by atoms with Gasteiger partial charge in [-0.25, -0.2) is 4.79 Å². The molecule has 0 bridgehead atoms. The van der Waals surface area contributed by atoms with Gasteiger partial charge in [-0.15, -0.1) is 0 Å². The van der Waals surface area contributed by atoms with Gasteiger partial charge >= 0.3 is 6.03 Å². The van der Waals surface area contributed by atoms with Crippen LogP contribution in [-0.2, 0) is 11.2 Å². The molecule has 102 valence electrons. The number of urea groups is 1. The fraction of sp³-hybridized carbons (Fsp3) is 0.500. The second-order valence-corrected chi connectivity index (χ2v) is 5.13. The molecule has 0 saturated carbocycles. The molecule has 2 amide bonds. The van der Waals surface area contributed by atoms with Crippen LogP contribution in [0.25, 0.3) is 0 Å². The van der Waals surface area contributed by atoms with E-state index in [9.17, 15) is 9.90 Å². The lowest BCUT2D eigenvalue weighted by atomic mass is 10.1. The molecule has 19 heavy (non-hydrogen) atoms. The maximum atomic E-state index is 11.9. The summed E-state index contributed by atoms with van der Waals surface area (Å²) < 4.78 is 5.21. The third-order valence-electron chi connectivity index (χ3n) is 3.76. The highest BCUT2D eigenvalue weighted by Gasteiger charge is 2.32. The standard InChI is InChI=1S/C14H18N2O3/c17-12-7-9-3-1-2-4-11(9)13(12)16-14(18)15-10-5-6-19-8-10/h1-4,10,12-13,17H,5-8H2,(H2,15,16,18). The highest BCUT2D eigenvalue weighted by Crippen LogP contribution is 2.31. The van der Waals surface area contributed by atoms with Gasteiger partial charge in [0.2, 0.25) is 0 Å². The topological polar surface area (TPSA) is 70.6 Å². The van der Waals surface area contributed by atoms with Gasteiger partial charge in [-0.05, 0) is 17.5 Å². The summed E-state index contributed by atoms with van der Waals surface area (Å²) in [4.78, 5) is 11.9. The SMILES string of the molecule is O=C(NC1CCOC1)NC1c2ccccc2CC1O. The minimum atomic E-state index is -0.553. The van der Waals surface area contributed by atoms with Crippen LogP contribution in [0.2, 0.25) is 0 Å². The van der Waals surface area contributed by atoms with Gasteiger partial charge in [-0.1, -0.05) is 24.3 Å². The first-order valence-corrected chi connectivity index (χ1v) is 6.64. The molecule has 3 unspecified atom stereocenters. The Hall–Kier alpha value is -1.59. The molecule has 0 spiro atoms. The zero-order valence-electron chi connectivity index (χ0n) is 10.6. The van der Waals surface area contributed by atoms with Crippen molar-refractivity contribution in [3.05, 3.63) is 35.4 Å². The van der Waals surface area contributed by atoms with Crippen LogP contribution >= 0.6 is 0 Å². The molecule has 1 fully saturated rings. The van der Waals surface area contributed by atoms with Crippen molar-refractivity contribution >= 4 is 6.03 Å². The summed E-state index contributed by atoms with van der Waals surface area (Å²) in [6.07, 6.45) is 0.883. The van der Waals surface area contributed by atoms with E-state index >= 15 is 0 Å². The number of aliphatic hydroxyl groups is 1. The number of fused-ring (bicyclic) bond motifs is 1. The first-order chi connectivity index (χ1) is 9.24. The summed E-state index contributed by atoms with van der Waals surface area (Å²) in [6.45, 7) is 1.26. The Bertz CT molecular complexity index is 472. The molecule has 1 heterocycles. The molecule has 1 aromatic rings. The predicted octanol–water partition coefficient (Wildman–Crippen LogP) is 0.733. The predicted molar refractivity (Wildman–Crippen MR) is 69.8 cm³/mol. The van der Waals surface area contributed by atoms with E-state index in [-0.39, 0.29) is 18.1 Å². The number of amides is 2. The Morgan fingerprint density at radius 1 is 1.32 bits per heavy atom. The lowest BCUT2D eigenvalue weighted by Gasteiger charge is -2.20. The maximum Gasteiger partial charge on any atom is 0.315 e. The van der Waals surface area contributed by atoms with Gasteiger partial charge in [0.15, 0.2) is 0 Å². The van der Waals surface area contributed by atoms with Gasteiger partial charge in [0.1, 0.15) is 0 Å². The number of rotatable bonds is 2. The fourth-order valence-corrected chi connectivity index (χ4v) is 2.76. The zero-order valence-corrected chi connectivity index (χ0v) is 10.6. The molecule has 3 N–H and O–H groups in total. The number of carbonyl (C=O) groups excluding carboxylic acids is 1. The molecule has 3 rings (SSSR count). The van der Waals surface area contributed by atoms with E-state index in [0.29, 0.717) is 19.6 Å². The van der Waals surface area contributed by atoms with E-state index in [0.717, 1.165) is 17.5 Å². The fourth-order valence-electron chi connectivity index (χ4n) is 2.76. The van der Waals surface area contributed by atoms with Crippen molar-refractivity contribution in [2.75, 3.05) is 13.2 Å². The molecule has 5 heteroatoms. The van der Waals surface area contributed by atoms with Crippen LogP contribution < -0.4 is 10.6 Å². The molecule has 3 atom stereocenters. The summed E-state index contributed by atoms with van der Waals surface area (Å²) in [7, 11) is 0. The highest BCUT2D eigenvalue weighted by atomic mass is 16.5. The number of carbonyl (C=O) groups is 1. The van der Waals surface area contributed by atoms with Crippen LogP contribution in [0, 0.1) is 0 Å². The molecule has 1 saturated heterocycles. The second-order valence-electron chi connectivity index (χ2n) is 5.13. The van der Waals surface area contributed by atoms with E-state index in [1.54, 1.807) is 0 Å². The van der Waals surface area contributed by atoms with E-state index in [1.165, 1.54) is 0 Å². The lowest BCUT2D eigenvalue weighted by molar-refractivity contribution is 0.141. The number of aliphatic hydroxyl groups excluding tert-OH is 1. The first kappa shape index (κ1) is 12.4. The maximum absolute atomic E-state index is 11.9. The quantitative estimate of drug-likeness (QED) is 0.736. The van der Waals surface area contributed by atoms with E-state index < -0.39 is 6.10 Å². The Morgan fingerprint density at radius 2 is 2.16 bits per heavy atom. The normalized spacial score (nSPS) is 29.0. The van der Waals surface area contributed by atoms with Gasteiger partial charge in [0, 0.05) is 13.0 Å². The zero-order chi connectivity index (χ0) is 13.2. The number of hydrogen-bond acceptors (Lipinski definition) is 3. The molecule has 0 radical (unpaired) electrons. The minimum absolute atomic E-state index is 0.0776. The molecule has 1 aliphatic carbocycles. The monoisotopic (exact) mass is 262 g/mol. The van der Waals surface area contributed by atoms with Gasteiger partial charge < -0.3 is 20.5 Å². The van der Waals surface area contributed by atoms with Crippen LogP contribution in [-0.4, -0.2) is 36.5 Å². The third kappa shape index (κ3) is 2.57. The summed E-state index contributed by atoms with van der Waals surface area (Å²) in [5.74, 6) is 0. The second kappa shape index (κ2) is 5.19. The van der Waals surface area contributed by atoms with Crippen molar-refractivity contribution in [3.8, 4) is 0 Å². The van der Waals surface area contributed by atoms with Crippen molar-refractivity contribution in [3.63, 3.8) is 0 Å². The molecule has 0 aromatic heterocycles. The van der Waals surface area contributed by atoms with Crippen LogP contribution in [0.15, 0.2) is 24.3 Å². The van der Waals surface area contributed by atoms with E-state index in [2.05, 4.69) is 10.6 Å². The molecule has 1 aromatic carbocycles. The van der Waals surface area contributed by atoms with Crippen molar-refractivity contribution in [2.24, 2.45) is 0 Å². The Kier molecular flexibility index (Phi) is 3.40. The molecular weight excluding hydrogens is 244 g/mol. The average Bonchev–Trinajstić information content (AvgIpc) is 2.99. The van der Waals surface area contributed by atoms with Gasteiger partial charge in [0.05, 0.1) is 24.8 Å². The Labute approximate surface area is 112 Å². The summed E-state index contributed by atoms with van der Waals surface area (Å²) in [6, 6.07) is 7.33.